The van der Waals surface area contributed by atoms with Crippen LogP contribution in [0.15, 0.2) is 9.98 Å². The van der Waals surface area contributed by atoms with Crippen LogP contribution >= 0.6 is 0 Å². The minimum Gasteiger partial charge on any atom is -0.845 e. The van der Waals surface area contributed by atoms with Crippen molar-refractivity contribution in [3.8, 4) is 0 Å². The van der Waals surface area contributed by atoms with Crippen molar-refractivity contribution in [2.45, 2.75) is 6.10 Å². The molecule has 1 atom stereocenters. The van der Waals surface area contributed by atoms with E-state index in [1.165, 1.54) is 0 Å². The summed E-state index contributed by atoms with van der Waals surface area (Å²) in [4.78, 5) is 6.40. The standard InChI is InChI=1S/C4H5N2O2/c7-3-1-5-4(8)6-2-3/h1-3,7H,(H,5,8)/p-1. The van der Waals surface area contributed by atoms with E-state index < -0.39 is 12.1 Å². The lowest BCUT2D eigenvalue weighted by molar-refractivity contribution is -0.217. The van der Waals surface area contributed by atoms with Crippen LogP contribution < -0.4 is 5.11 Å². The second kappa shape index (κ2) is 1.92. The lowest BCUT2D eigenvalue weighted by Gasteiger charge is -2.10. The highest BCUT2D eigenvalue weighted by atomic mass is 16.3. The number of rotatable bonds is 0. The van der Waals surface area contributed by atoms with E-state index >= 15 is 0 Å². The highest BCUT2D eigenvalue weighted by Gasteiger charge is 2.00. The van der Waals surface area contributed by atoms with Gasteiger partial charge in [-0.05, 0) is 0 Å². The molecule has 1 heterocycles. The van der Waals surface area contributed by atoms with Crippen LogP contribution in [0, 0.1) is 6.54 Å². The molecule has 0 aromatic rings. The third kappa shape index (κ3) is 1.04. The van der Waals surface area contributed by atoms with Gasteiger partial charge in [0, 0.05) is 6.21 Å². The van der Waals surface area contributed by atoms with Crippen molar-refractivity contribution in [1.29, 1.82) is 0 Å². The monoisotopic (exact) mass is 112 g/mol. The van der Waals surface area contributed by atoms with Gasteiger partial charge in [0.05, 0.1) is 6.02 Å². The van der Waals surface area contributed by atoms with E-state index in [0.29, 0.717) is 0 Å². The Morgan fingerprint density at radius 2 is 2.50 bits per heavy atom. The molecule has 1 radical (unpaired) electrons. The molecule has 8 heavy (non-hydrogen) atoms. The number of hydrogen-bond donors (Lipinski definition) is 1. The second-order valence-corrected chi connectivity index (χ2v) is 1.33. The van der Waals surface area contributed by atoms with Crippen molar-refractivity contribution in [3.63, 3.8) is 0 Å². The van der Waals surface area contributed by atoms with E-state index in [1.807, 2.05) is 0 Å². The number of hydrogen-bond acceptors (Lipinski definition) is 4. The zero-order chi connectivity index (χ0) is 5.98. The van der Waals surface area contributed by atoms with Crippen LogP contribution in [-0.2, 0) is 0 Å². The van der Waals surface area contributed by atoms with Crippen molar-refractivity contribution < 1.29 is 10.2 Å². The van der Waals surface area contributed by atoms with Crippen LogP contribution in [-0.4, -0.2) is 23.4 Å². The predicted octanol–water partition coefficient (Wildman–Crippen LogP) is -1.69. The van der Waals surface area contributed by atoms with Crippen LogP contribution in [0.5, 0.6) is 0 Å². The first-order valence-electron chi connectivity index (χ1n) is 2.09. The van der Waals surface area contributed by atoms with Gasteiger partial charge >= 0.3 is 0 Å². The number of aliphatic imine (C=N–C) groups is 2. The van der Waals surface area contributed by atoms with Gasteiger partial charge in [-0.2, -0.15) is 0 Å². The van der Waals surface area contributed by atoms with Crippen LogP contribution in [0.3, 0.4) is 0 Å². The Morgan fingerprint density at radius 1 is 1.75 bits per heavy atom. The van der Waals surface area contributed by atoms with Crippen LogP contribution in [0.4, 0.5) is 0 Å². The maximum absolute atomic E-state index is 10.1. The van der Waals surface area contributed by atoms with Gasteiger partial charge in [-0.3, -0.25) is 9.98 Å². The molecule has 4 nitrogen and oxygen atoms in total. The maximum atomic E-state index is 10.1. The Morgan fingerprint density at radius 3 is 2.88 bits per heavy atom. The molecule has 0 amide bonds. The van der Waals surface area contributed by atoms with Gasteiger partial charge in [-0.15, -0.1) is 0 Å². The molecule has 0 aromatic heterocycles. The Labute approximate surface area is 46.2 Å². The number of aliphatic hydroxyl groups is 1. The van der Waals surface area contributed by atoms with Gasteiger partial charge < -0.3 is 10.2 Å². The van der Waals surface area contributed by atoms with Gasteiger partial charge in [-0.1, -0.05) is 0 Å². The van der Waals surface area contributed by atoms with Crippen LogP contribution in [0.1, 0.15) is 0 Å². The summed E-state index contributed by atoms with van der Waals surface area (Å²) in [5.74, 6) is 0. The number of nitrogens with zero attached hydrogens (tertiary/aromatic N) is 2. The summed E-state index contributed by atoms with van der Waals surface area (Å²) in [5.41, 5.74) is 0. The highest BCUT2D eigenvalue weighted by Crippen LogP contribution is 1.92. The summed E-state index contributed by atoms with van der Waals surface area (Å²) in [6, 6.07) is -0.560. The molecule has 0 saturated heterocycles. The third-order valence-corrected chi connectivity index (χ3v) is 0.675. The Kier molecular flexibility index (Phi) is 1.26. The zero-order valence-electron chi connectivity index (χ0n) is 3.98. The molecule has 0 aliphatic carbocycles. The van der Waals surface area contributed by atoms with Crippen LogP contribution in [0.2, 0.25) is 0 Å². The average Bonchev–Trinajstić information content (AvgIpc) is 1.77. The fraction of sp³-hybridized carbons (Fsp3) is 0.250. The summed E-state index contributed by atoms with van der Waals surface area (Å²) in [6.07, 6.45) is 0.350. The van der Waals surface area contributed by atoms with Crippen LogP contribution in [0.25, 0.3) is 0 Å². The topological polar surface area (TPSA) is 68.0 Å². The van der Waals surface area contributed by atoms with E-state index in [-0.39, 0.29) is 0 Å². The lowest BCUT2D eigenvalue weighted by Crippen LogP contribution is -2.22. The molecule has 1 rings (SSSR count). The Bertz CT molecular complexity index is 141. The summed E-state index contributed by atoms with van der Waals surface area (Å²) in [5, 5.41) is 18.7. The molecule has 43 valence electrons. The first-order valence-corrected chi connectivity index (χ1v) is 2.09. The van der Waals surface area contributed by atoms with Gasteiger partial charge in [0.1, 0.15) is 12.6 Å². The van der Waals surface area contributed by atoms with Crippen molar-refractivity contribution in [2.75, 3.05) is 0 Å². The Balaban J connectivity index is 2.58. The van der Waals surface area contributed by atoms with Gasteiger partial charge in [0.25, 0.3) is 0 Å². The molecule has 1 aliphatic heterocycles. The maximum Gasteiger partial charge on any atom is 0.114 e. The summed E-state index contributed by atoms with van der Waals surface area (Å²) >= 11 is 0. The molecule has 1 N–H and O–H groups in total. The molecular weight excluding hydrogens is 108 g/mol. The predicted molar refractivity (Wildman–Crippen MR) is 26.2 cm³/mol. The van der Waals surface area contributed by atoms with E-state index in [9.17, 15) is 5.11 Å². The molecule has 4 heteroatoms. The van der Waals surface area contributed by atoms with E-state index in [0.717, 1.165) is 12.8 Å². The fourth-order valence-corrected chi connectivity index (χ4v) is 0.352. The third-order valence-electron chi connectivity index (χ3n) is 0.675. The largest absolute Gasteiger partial charge is 0.845 e. The number of aliphatic hydroxyl groups excluding tert-OH is 1. The number of amidine groups is 1. The molecule has 1 aliphatic rings. The summed E-state index contributed by atoms with van der Waals surface area (Å²) in [6.45, 7) is 1.13. The second-order valence-electron chi connectivity index (χ2n) is 1.33. The minimum atomic E-state index is -0.785. The molecule has 0 saturated carbocycles. The fourth-order valence-electron chi connectivity index (χ4n) is 0.352. The average molecular weight is 112 g/mol. The van der Waals surface area contributed by atoms with Crippen molar-refractivity contribution >= 4 is 12.2 Å². The normalized spacial score (nSPS) is 27.6. The SMILES string of the molecule is [O-]C1=N[CH]C(O)C=N1. The molecule has 0 bridgehead atoms. The van der Waals surface area contributed by atoms with Gasteiger partial charge in [0.15, 0.2) is 0 Å². The van der Waals surface area contributed by atoms with E-state index in [2.05, 4.69) is 9.98 Å². The first-order chi connectivity index (χ1) is 3.79. The smallest absolute Gasteiger partial charge is 0.114 e. The minimum absolute atomic E-state index is 0.560. The van der Waals surface area contributed by atoms with Crippen molar-refractivity contribution in [3.05, 3.63) is 6.54 Å². The quantitative estimate of drug-likeness (QED) is 0.406. The Hall–Kier alpha value is -0.900. The summed E-state index contributed by atoms with van der Waals surface area (Å²) < 4.78 is 0. The molecule has 0 spiro atoms. The zero-order valence-corrected chi connectivity index (χ0v) is 3.98. The van der Waals surface area contributed by atoms with Gasteiger partial charge in [0.2, 0.25) is 0 Å². The van der Waals surface area contributed by atoms with E-state index in [4.69, 9.17) is 5.11 Å². The highest BCUT2D eigenvalue weighted by molar-refractivity contribution is 5.85. The van der Waals surface area contributed by atoms with E-state index in [1.54, 1.807) is 0 Å². The molecular formula is C4H4N2O2-. The summed E-state index contributed by atoms with van der Waals surface area (Å²) in [7, 11) is 0. The molecule has 1 unspecified atom stereocenters. The molecule has 0 aromatic carbocycles. The lowest BCUT2D eigenvalue weighted by atomic mass is 10.4. The molecule has 0 fully saturated rings. The first kappa shape index (κ1) is 5.24. The van der Waals surface area contributed by atoms with Gasteiger partial charge in [-0.25, -0.2) is 0 Å². The van der Waals surface area contributed by atoms with Crippen molar-refractivity contribution in [2.24, 2.45) is 9.98 Å². The van der Waals surface area contributed by atoms with Crippen molar-refractivity contribution in [1.82, 2.24) is 0 Å².